The summed E-state index contributed by atoms with van der Waals surface area (Å²) >= 11 is 0. The van der Waals surface area contributed by atoms with Crippen LogP contribution in [0.1, 0.15) is 18.4 Å². The molecule has 3 rings (SSSR count). The normalized spacial score (nSPS) is 28.8. The Hall–Kier alpha value is -1.35. The zero-order chi connectivity index (χ0) is 11.7. The molecular weight excluding hydrogens is 214 g/mol. The molecule has 1 aromatic rings. The minimum absolute atomic E-state index is 0.0788. The minimum atomic E-state index is -0.598. The lowest BCUT2D eigenvalue weighted by Gasteiger charge is -2.36. The van der Waals surface area contributed by atoms with E-state index in [1.54, 1.807) is 0 Å². The third-order valence-electron chi connectivity index (χ3n) is 3.68. The Balaban J connectivity index is 1.87. The predicted molar refractivity (Wildman–Crippen MR) is 64.6 cm³/mol. The van der Waals surface area contributed by atoms with E-state index in [0.717, 1.165) is 12.8 Å². The van der Waals surface area contributed by atoms with Gasteiger partial charge in [-0.15, -0.1) is 0 Å². The third-order valence-corrected chi connectivity index (χ3v) is 3.68. The van der Waals surface area contributed by atoms with Crippen LogP contribution in [0.15, 0.2) is 30.3 Å². The zero-order valence-corrected chi connectivity index (χ0v) is 9.82. The van der Waals surface area contributed by atoms with E-state index in [-0.39, 0.29) is 5.91 Å². The average Bonchev–Trinajstić information content (AvgIpc) is 3.18. The molecule has 1 heterocycles. The maximum absolute atomic E-state index is 12.2. The van der Waals surface area contributed by atoms with Gasteiger partial charge in [-0.3, -0.25) is 4.79 Å². The molecule has 2 aliphatic rings. The van der Waals surface area contributed by atoms with Crippen molar-refractivity contribution in [1.82, 2.24) is 5.32 Å². The standard InChI is InChI=1S/C14H17NO2/c16-13-14(12-6-7-12,17-9-8-15-13)10-11-4-2-1-3-5-11/h1-5,12H,6-10H2,(H,15,16). The summed E-state index contributed by atoms with van der Waals surface area (Å²) in [5, 5.41) is 2.95. The minimum Gasteiger partial charge on any atom is -0.363 e. The Morgan fingerprint density at radius 2 is 2.06 bits per heavy atom. The Bertz CT molecular complexity index is 413. The largest absolute Gasteiger partial charge is 0.363 e. The summed E-state index contributed by atoms with van der Waals surface area (Å²) in [6.45, 7) is 1.27. The summed E-state index contributed by atoms with van der Waals surface area (Å²) in [4.78, 5) is 12.2. The number of amides is 1. The molecule has 0 spiro atoms. The number of nitrogens with one attached hydrogen (secondary N) is 1. The highest BCUT2D eigenvalue weighted by atomic mass is 16.5. The highest BCUT2D eigenvalue weighted by Gasteiger charge is 2.53. The summed E-state index contributed by atoms with van der Waals surface area (Å²) < 4.78 is 5.89. The summed E-state index contributed by atoms with van der Waals surface area (Å²) in [5.41, 5.74) is 0.580. The van der Waals surface area contributed by atoms with Gasteiger partial charge in [0.1, 0.15) is 0 Å². The Labute approximate surface area is 101 Å². The lowest BCUT2D eigenvalue weighted by molar-refractivity contribution is -0.158. The molecule has 1 aliphatic carbocycles. The SMILES string of the molecule is O=C1NCCOC1(Cc1ccccc1)C1CC1. The highest BCUT2D eigenvalue weighted by molar-refractivity contribution is 5.87. The predicted octanol–water partition coefficient (Wildman–Crippen LogP) is 1.52. The summed E-state index contributed by atoms with van der Waals surface area (Å²) in [6.07, 6.45) is 2.92. The maximum Gasteiger partial charge on any atom is 0.252 e. The first kappa shape index (κ1) is 10.8. The van der Waals surface area contributed by atoms with Crippen LogP contribution in [0.5, 0.6) is 0 Å². The topological polar surface area (TPSA) is 38.3 Å². The smallest absolute Gasteiger partial charge is 0.252 e. The van der Waals surface area contributed by atoms with E-state index in [1.807, 2.05) is 18.2 Å². The number of ether oxygens (including phenoxy) is 1. The van der Waals surface area contributed by atoms with Crippen LogP contribution in [0.2, 0.25) is 0 Å². The van der Waals surface area contributed by atoms with Crippen LogP contribution in [-0.2, 0) is 16.0 Å². The zero-order valence-electron chi connectivity index (χ0n) is 9.82. The summed E-state index contributed by atoms with van der Waals surface area (Å²) in [5.74, 6) is 0.484. The van der Waals surface area contributed by atoms with Crippen molar-refractivity contribution in [2.75, 3.05) is 13.2 Å². The van der Waals surface area contributed by atoms with Gasteiger partial charge in [0, 0.05) is 13.0 Å². The Morgan fingerprint density at radius 3 is 2.71 bits per heavy atom. The third kappa shape index (κ3) is 1.95. The van der Waals surface area contributed by atoms with Crippen LogP contribution in [0.3, 0.4) is 0 Å². The molecule has 3 heteroatoms. The van der Waals surface area contributed by atoms with E-state index in [9.17, 15) is 4.79 Å². The number of morpholine rings is 1. The number of benzene rings is 1. The van der Waals surface area contributed by atoms with Crippen LogP contribution >= 0.6 is 0 Å². The Morgan fingerprint density at radius 1 is 1.29 bits per heavy atom. The molecule has 17 heavy (non-hydrogen) atoms. The van der Waals surface area contributed by atoms with Crippen LogP contribution < -0.4 is 5.32 Å². The maximum atomic E-state index is 12.2. The van der Waals surface area contributed by atoms with Crippen molar-refractivity contribution in [3.8, 4) is 0 Å². The van der Waals surface area contributed by atoms with Gasteiger partial charge in [0.15, 0.2) is 5.60 Å². The van der Waals surface area contributed by atoms with Gasteiger partial charge in [-0.05, 0) is 24.3 Å². The van der Waals surface area contributed by atoms with Crippen LogP contribution in [-0.4, -0.2) is 24.7 Å². The molecule has 2 fully saturated rings. The molecule has 1 saturated heterocycles. The first-order valence-corrected chi connectivity index (χ1v) is 6.27. The molecule has 1 amide bonds. The van der Waals surface area contributed by atoms with Crippen molar-refractivity contribution in [2.24, 2.45) is 5.92 Å². The van der Waals surface area contributed by atoms with E-state index in [1.165, 1.54) is 5.56 Å². The second-order valence-corrected chi connectivity index (χ2v) is 4.93. The quantitative estimate of drug-likeness (QED) is 0.856. The van der Waals surface area contributed by atoms with Crippen molar-refractivity contribution in [3.05, 3.63) is 35.9 Å². The van der Waals surface area contributed by atoms with E-state index in [0.29, 0.717) is 25.5 Å². The second-order valence-electron chi connectivity index (χ2n) is 4.93. The van der Waals surface area contributed by atoms with Crippen molar-refractivity contribution < 1.29 is 9.53 Å². The fraction of sp³-hybridized carbons (Fsp3) is 0.500. The van der Waals surface area contributed by atoms with Gasteiger partial charge in [0.25, 0.3) is 5.91 Å². The van der Waals surface area contributed by atoms with Crippen molar-refractivity contribution in [3.63, 3.8) is 0 Å². The molecular formula is C14H17NO2. The van der Waals surface area contributed by atoms with Crippen molar-refractivity contribution >= 4 is 5.91 Å². The Kier molecular flexibility index (Phi) is 2.63. The van der Waals surface area contributed by atoms with E-state index < -0.39 is 5.60 Å². The lowest BCUT2D eigenvalue weighted by Crippen LogP contribution is -2.57. The summed E-state index contributed by atoms with van der Waals surface area (Å²) in [7, 11) is 0. The molecule has 90 valence electrons. The van der Waals surface area contributed by atoms with Crippen molar-refractivity contribution in [2.45, 2.75) is 24.9 Å². The fourth-order valence-corrected chi connectivity index (χ4v) is 2.64. The van der Waals surface area contributed by atoms with Crippen LogP contribution in [0.4, 0.5) is 0 Å². The molecule has 1 unspecified atom stereocenters. The van der Waals surface area contributed by atoms with Gasteiger partial charge < -0.3 is 10.1 Å². The average molecular weight is 231 g/mol. The van der Waals surface area contributed by atoms with E-state index in [2.05, 4.69) is 17.4 Å². The van der Waals surface area contributed by atoms with E-state index >= 15 is 0 Å². The number of carbonyl (C=O) groups excluding carboxylic acids is 1. The first-order valence-electron chi connectivity index (χ1n) is 6.27. The molecule has 0 radical (unpaired) electrons. The second kappa shape index (κ2) is 4.15. The number of hydrogen-bond acceptors (Lipinski definition) is 2. The molecule has 1 aliphatic heterocycles. The van der Waals surface area contributed by atoms with Crippen LogP contribution in [0, 0.1) is 5.92 Å². The number of carbonyl (C=O) groups is 1. The van der Waals surface area contributed by atoms with Gasteiger partial charge in [-0.1, -0.05) is 30.3 Å². The van der Waals surface area contributed by atoms with E-state index in [4.69, 9.17) is 4.74 Å². The van der Waals surface area contributed by atoms with Gasteiger partial charge in [-0.2, -0.15) is 0 Å². The van der Waals surface area contributed by atoms with Gasteiger partial charge >= 0.3 is 0 Å². The monoisotopic (exact) mass is 231 g/mol. The van der Waals surface area contributed by atoms with Gasteiger partial charge in [-0.25, -0.2) is 0 Å². The molecule has 1 N–H and O–H groups in total. The first-order chi connectivity index (χ1) is 8.31. The fourth-order valence-electron chi connectivity index (χ4n) is 2.64. The molecule has 3 nitrogen and oxygen atoms in total. The molecule has 0 bridgehead atoms. The van der Waals surface area contributed by atoms with Gasteiger partial charge in [0.05, 0.1) is 6.61 Å². The summed E-state index contributed by atoms with van der Waals surface area (Å²) in [6, 6.07) is 10.1. The van der Waals surface area contributed by atoms with Crippen molar-refractivity contribution in [1.29, 1.82) is 0 Å². The molecule has 1 atom stereocenters. The number of rotatable bonds is 3. The number of hydrogen-bond donors (Lipinski definition) is 1. The van der Waals surface area contributed by atoms with Crippen LogP contribution in [0.25, 0.3) is 0 Å². The molecule has 0 aromatic heterocycles. The molecule has 1 saturated carbocycles. The highest BCUT2D eigenvalue weighted by Crippen LogP contribution is 2.44. The lowest BCUT2D eigenvalue weighted by atomic mass is 9.87. The van der Waals surface area contributed by atoms with Gasteiger partial charge in [0.2, 0.25) is 0 Å². The molecule has 1 aromatic carbocycles.